The number of carbonyl (C=O) groups excluding carboxylic acids is 1. The lowest BCUT2D eigenvalue weighted by Crippen LogP contribution is -2.38. The van der Waals surface area contributed by atoms with E-state index >= 15 is 0 Å². The standard InChI is InChI=1S/C23H29N3O4/c1-28-20-5-2-18(3-6-20)16-23(27)24-21-7-4-19(25-8-12-29-13-9-25)17-22(21)26-10-14-30-15-11-26/h2-7,17H,8-16H2,1H3,(H,24,27). The number of ether oxygens (including phenoxy) is 3. The van der Waals surface area contributed by atoms with Crippen LogP contribution in [0, 0.1) is 0 Å². The fourth-order valence-electron chi connectivity index (χ4n) is 3.83. The highest BCUT2D eigenvalue weighted by molar-refractivity contribution is 5.96. The first-order valence-electron chi connectivity index (χ1n) is 10.4. The molecule has 0 aliphatic carbocycles. The second kappa shape index (κ2) is 9.82. The average molecular weight is 412 g/mol. The Balaban J connectivity index is 1.51. The summed E-state index contributed by atoms with van der Waals surface area (Å²) in [5.41, 5.74) is 4.00. The fraction of sp³-hybridized carbons (Fsp3) is 0.435. The number of anilines is 3. The van der Waals surface area contributed by atoms with Crippen LogP contribution in [0.5, 0.6) is 5.75 Å². The van der Waals surface area contributed by atoms with Crippen LogP contribution in [0.2, 0.25) is 0 Å². The molecule has 0 unspecified atom stereocenters. The van der Waals surface area contributed by atoms with Gasteiger partial charge in [-0.15, -0.1) is 0 Å². The van der Waals surface area contributed by atoms with Crippen molar-refractivity contribution in [3.05, 3.63) is 48.0 Å². The van der Waals surface area contributed by atoms with Crippen LogP contribution in [0.3, 0.4) is 0 Å². The van der Waals surface area contributed by atoms with Crippen molar-refractivity contribution in [1.82, 2.24) is 0 Å². The van der Waals surface area contributed by atoms with Gasteiger partial charge in [0.1, 0.15) is 5.75 Å². The first-order valence-corrected chi connectivity index (χ1v) is 10.4. The second-order valence-corrected chi connectivity index (χ2v) is 7.47. The van der Waals surface area contributed by atoms with Gasteiger partial charge in [-0.2, -0.15) is 0 Å². The summed E-state index contributed by atoms with van der Waals surface area (Å²) in [4.78, 5) is 17.4. The van der Waals surface area contributed by atoms with E-state index < -0.39 is 0 Å². The minimum atomic E-state index is -0.0335. The normalized spacial score (nSPS) is 17.0. The van der Waals surface area contributed by atoms with E-state index in [2.05, 4.69) is 27.2 Å². The Morgan fingerprint density at radius 1 is 0.933 bits per heavy atom. The van der Waals surface area contributed by atoms with Crippen molar-refractivity contribution in [3.63, 3.8) is 0 Å². The molecule has 160 valence electrons. The largest absolute Gasteiger partial charge is 0.497 e. The number of methoxy groups -OCH3 is 1. The highest BCUT2D eigenvalue weighted by atomic mass is 16.5. The average Bonchev–Trinajstić information content (AvgIpc) is 2.81. The van der Waals surface area contributed by atoms with Crippen LogP contribution in [0.25, 0.3) is 0 Å². The molecule has 2 aliphatic heterocycles. The molecule has 7 heteroatoms. The minimum absolute atomic E-state index is 0.0335. The number of hydrogen-bond acceptors (Lipinski definition) is 6. The molecule has 0 radical (unpaired) electrons. The van der Waals surface area contributed by atoms with Crippen LogP contribution >= 0.6 is 0 Å². The smallest absolute Gasteiger partial charge is 0.228 e. The van der Waals surface area contributed by atoms with Gasteiger partial charge >= 0.3 is 0 Å². The van der Waals surface area contributed by atoms with E-state index in [9.17, 15) is 4.79 Å². The van der Waals surface area contributed by atoms with Crippen molar-refractivity contribution in [2.24, 2.45) is 0 Å². The van der Waals surface area contributed by atoms with Crippen molar-refractivity contribution in [2.75, 3.05) is 74.8 Å². The van der Waals surface area contributed by atoms with E-state index in [1.165, 1.54) is 0 Å². The molecule has 2 heterocycles. The van der Waals surface area contributed by atoms with Crippen LogP contribution in [0.4, 0.5) is 17.1 Å². The van der Waals surface area contributed by atoms with Crippen molar-refractivity contribution < 1.29 is 19.0 Å². The molecular formula is C23H29N3O4. The molecule has 30 heavy (non-hydrogen) atoms. The van der Waals surface area contributed by atoms with Gasteiger partial charge in [0.25, 0.3) is 0 Å². The third-order valence-electron chi connectivity index (χ3n) is 5.51. The number of amides is 1. The Morgan fingerprint density at radius 2 is 1.57 bits per heavy atom. The molecule has 2 saturated heterocycles. The highest BCUT2D eigenvalue weighted by Gasteiger charge is 2.19. The number of benzene rings is 2. The third kappa shape index (κ3) is 5.04. The Morgan fingerprint density at radius 3 is 2.20 bits per heavy atom. The van der Waals surface area contributed by atoms with Crippen molar-refractivity contribution in [3.8, 4) is 5.75 Å². The molecule has 0 aromatic heterocycles. The monoisotopic (exact) mass is 411 g/mol. The zero-order valence-electron chi connectivity index (χ0n) is 17.4. The maximum atomic E-state index is 12.7. The van der Waals surface area contributed by atoms with E-state index in [-0.39, 0.29) is 5.91 Å². The zero-order chi connectivity index (χ0) is 20.8. The maximum Gasteiger partial charge on any atom is 0.228 e. The molecule has 1 N–H and O–H groups in total. The zero-order valence-corrected chi connectivity index (χ0v) is 17.4. The van der Waals surface area contributed by atoms with Crippen LogP contribution in [-0.2, 0) is 20.7 Å². The van der Waals surface area contributed by atoms with Gasteiger partial charge in [-0.25, -0.2) is 0 Å². The van der Waals surface area contributed by atoms with Gasteiger partial charge in [0.15, 0.2) is 0 Å². The Labute approximate surface area is 177 Å². The minimum Gasteiger partial charge on any atom is -0.497 e. The molecule has 2 aromatic rings. The van der Waals surface area contributed by atoms with Crippen LogP contribution in [0.1, 0.15) is 5.56 Å². The van der Waals surface area contributed by atoms with Crippen LogP contribution < -0.4 is 19.9 Å². The molecule has 2 aromatic carbocycles. The van der Waals surface area contributed by atoms with E-state index in [1.54, 1.807) is 7.11 Å². The molecule has 0 saturated carbocycles. The van der Waals surface area contributed by atoms with E-state index in [4.69, 9.17) is 14.2 Å². The lowest BCUT2D eigenvalue weighted by atomic mass is 10.1. The van der Waals surface area contributed by atoms with Crippen molar-refractivity contribution in [1.29, 1.82) is 0 Å². The van der Waals surface area contributed by atoms with Gasteiger partial charge < -0.3 is 29.3 Å². The summed E-state index contributed by atoms with van der Waals surface area (Å²) in [6, 6.07) is 13.9. The molecule has 4 rings (SSSR count). The predicted molar refractivity (Wildman–Crippen MR) is 118 cm³/mol. The molecule has 0 bridgehead atoms. The van der Waals surface area contributed by atoms with Crippen molar-refractivity contribution >= 4 is 23.0 Å². The van der Waals surface area contributed by atoms with Gasteiger partial charge in [-0.1, -0.05) is 12.1 Å². The molecule has 7 nitrogen and oxygen atoms in total. The number of carbonyl (C=O) groups is 1. The second-order valence-electron chi connectivity index (χ2n) is 7.47. The van der Waals surface area contributed by atoms with Crippen LogP contribution in [0.15, 0.2) is 42.5 Å². The molecule has 2 aliphatic rings. The summed E-state index contributed by atoms with van der Waals surface area (Å²) < 4.78 is 16.2. The first-order chi connectivity index (χ1) is 14.7. The Bertz CT molecular complexity index is 844. The number of nitrogens with zero attached hydrogens (tertiary/aromatic N) is 2. The number of hydrogen-bond donors (Lipinski definition) is 1. The van der Waals surface area contributed by atoms with Gasteiger partial charge in [-0.05, 0) is 35.9 Å². The van der Waals surface area contributed by atoms with Gasteiger partial charge in [-0.3, -0.25) is 4.79 Å². The number of nitrogens with one attached hydrogen (secondary N) is 1. The molecule has 0 atom stereocenters. The summed E-state index contributed by atoms with van der Waals surface area (Å²) in [5, 5.41) is 3.12. The highest BCUT2D eigenvalue weighted by Crippen LogP contribution is 2.32. The van der Waals surface area contributed by atoms with Crippen molar-refractivity contribution in [2.45, 2.75) is 6.42 Å². The summed E-state index contributed by atoms with van der Waals surface area (Å²) in [6.07, 6.45) is 0.317. The number of morpholine rings is 2. The summed E-state index contributed by atoms with van der Waals surface area (Å²) in [7, 11) is 1.63. The summed E-state index contributed by atoms with van der Waals surface area (Å²) in [5.74, 6) is 0.751. The van der Waals surface area contributed by atoms with Gasteiger partial charge in [0, 0.05) is 31.9 Å². The quantitative estimate of drug-likeness (QED) is 0.788. The SMILES string of the molecule is COc1ccc(CC(=O)Nc2ccc(N3CCOCC3)cc2N2CCOCC2)cc1. The first kappa shape index (κ1) is 20.5. The van der Waals surface area contributed by atoms with E-state index in [0.717, 1.165) is 67.8 Å². The fourth-order valence-corrected chi connectivity index (χ4v) is 3.83. The summed E-state index contributed by atoms with van der Waals surface area (Å²) >= 11 is 0. The maximum absolute atomic E-state index is 12.7. The Kier molecular flexibility index (Phi) is 6.71. The summed E-state index contributed by atoms with van der Waals surface area (Å²) in [6.45, 7) is 6.27. The molecule has 2 fully saturated rings. The lowest BCUT2D eigenvalue weighted by molar-refractivity contribution is -0.115. The molecule has 0 spiro atoms. The molecular weight excluding hydrogens is 382 g/mol. The molecule has 1 amide bonds. The topological polar surface area (TPSA) is 63.3 Å². The number of rotatable bonds is 6. The van der Waals surface area contributed by atoms with Crippen LogP contribution in [-0.4, -0.2) is 65.6 Å². The third-order valence-corrected chi connectivity index (χ3v) is 5.51. The van der Waals surface area contributed by atoms with Gasteiger partial charge in [0.2, 0.25) is 5.91 Å². The van der Waals surface area contributed by atoms with E-state index in [1.807, 2.05) is 30.3 Å². The van der Waals surface area contributed by atoms with Gasteiger partial charge in [0.05, 0.1) is 51.3 Å². The van der Waals surface area contributed by atoms with E-state index in [0.29, 0.717) is 19.6 Å². The lowest BCUT2D eigenvalue weighted by Gasteiger charge is -2.33. The Hall–Kier alpha value is -2.77. The predicted octanol–water partition coefficient (Wildman–Crippen LogP) is 2.55.